The predicted molar refractivity (Wildman–Crippen MR) is 68.2 cm³/mol. The highest BCUT2D eigenvalue weighted by Gasteiger charge is 2.30. The molecule has 0 aromatic carbocycles. The standard InChI is InChI=1S/C13H20O6/c1-4-11(16)18-9(3)13(19-12(17)5-2)10(15)7-6-8-14/h4-5,9-10,13-15H,1-2,6-8H2,3H3. The second kappa shape index (κ2) is 9.29. The summed E-state index contributed by atoms with van der Waals surface area (Å²) in [6.07, 6.45) is -0.447. The van der Waals surface area contributed by atoms with Crippen LogP contribution in [0, 0.1) is 0 Å². The molecule has 0 aliphatic heterocycles. The van der Waals surface area contributed by atoms with Gasteiger partial charge in [0.2, 0.25) is 0 Å². The fraction of sp³-hybridized carbons (Fsp3) is 0.538. The molecule has 0 bridgehead atoms. The summed E-state index contributed by atoms with van der Waals surface area (Å²) >= 11 is 0. The minimum atomic E-state index is -1.05. The number of carbonyl (C=O) groups excluding carboxylic acids is 2. The van der Waals surface area contributed by atoms with Crippen LogP contribution in [0.2, 0.25) is 0 Å². The van der Waals surface area contributed by atoms with E-state index < -0.39 is 30.3 Å². The van der Waals surface area contributed by atoms with Gasteiger partial charge in [0, 0.05) is 18.8 Å². The molecule has 0 fully saturated rings. The Morgan fingerprint density at radius 1 is 1.21 bits per heavy atom. The summed E-state index contributed by atoms with van der Waals surface area (Å²) in [7, 11) is 0. The first-order valence-corrected chi connectivity index (χ1v) is 5.91. The number of aliphatic hydroxyl groups is 2. The van der Waals surface area contributed by atoms with Gasteiger partial charge < -0.3 is 19.7 Å². The third-order valence-corrected chi connectivity index (χ3v) is 2.39. The van der Waals surface area contributed by atoms with Gasteiger partial charge in [0.25, 0.3) is 0 Å². The number of ether oxygens (including phenoxy) is 2. The monoisotopic (exact) mass is 272 g/mol. The normalized spacial score (nSPS) is 14.9. The van der Waals surface area contributed by atoms with Gasteiger partial charge in [-0.25, -0.2) is 9.59 Å². The molecule has 6 heteroatoms. The fourth-order valence-electron chi connectivity index (χ4n) is 1.43. The van der Waals surface area contributed by atoms with E-state index in [9.17, 15) is 14.7 Å². The molecule has 0 spiro atoms. The van der Waals surface area contributed by atoms with Crippen molar-refractivity contribution in [2.75, 3.05) is 6.61 Å². The maximum atomic E-state index is 11.2. The Hall–Kier alpha value is -1.66. The quantitative estimate of drug-likeness (QED) is 0.464. The van der Waals surface area contributed by atoms with Crippen molar-refractivity contribution in [3.8, 4) is 0 Å². The van der Waals surface area contributed by atoms with E-state index in [1.165, 1.54) is 6.92 Å². The molecule has 0 aromatic rings. The van der Waals surface area contributed by atoms with Gasteiger partial charge in [0.15, 0.2) is 6.10 Å². The van der Waals surface area contributed by atoms with Crippen LogP contribution in [-0.2, 0) is 19.1 Å². The van der Waals surface area contributed by atoms with Crippen LogP contribution in [0.1, 0.15) is 19.8 Å². The van der Waals surface area contributed by atoms with Crippen molar-refractivity contribution in [3.63, 3.8) is 0 Å². The van der Waals surface area contributed by atoms with Gasteiger partial charge in [-0.2, -0.15) is 0 Å². The van der Waals surface area contributed by atoms with Gasteiger partial charge in [-0.05, 0) is 19.8 Å². The van der Waals surface area contributed by atoms with Crippen LogP contribution in [-0.4, -0.2) is 47.1 Å². The maximum absolute atomic E-state index is 11.2. The van der Waals surface area contributed by atoms with E-state index in [4.69, 9.17) is 14.6 Å². The summed E-state index contributed by atoms with van der Waals surface area (Å²) in [5.41, 5.74) is 0. The number of hydrogen-bond acceptors (Lipinski definition) is 6. The molecule has 6 nitrogen and oxygen atoms in total. The summed E-state index contributed by atoms with van der Waals surface area (Å²) in [6.45, 7) is 7.90. The molecule has 19 heavy (non-hydrogen) atoms. The van der Waals surface area contributed by atoms with Crippen molar-refractivity contribution in [1.29, 1.82) is 0 Å². The molecule has 0 radical (unpaired) electrons. The molecule has 0 rings (SSSR count). The van der Waals surface area contributed by atoms with E-state index in [-0.39, 0.29) is 13.0 Å². The van der Waals surface area contributed by atoms with Gasteiger partial charge >= 0.3 is 11.9 Å². The van der Waals surface area contributed by atoms with Gasteiger partial charge in [0.1, 0.15) is 6.10 Å². The smallest absolute Gasteiger partial charge is 0.330 e. The van der Waals surface area contributed by atoms with E-state index in [2.05, 4.69) is 13.2 Å². The lowest BCUT2D eigenvalue weighted by molar-refractivity contribution is -0.169. The zero-order valence-electron chi connectivity index (χ0n) is 10.9. The Morgan fingerprint density at radius 2 is 1.74 bits per heavy atom. The Balaban J connectivity index is 4.71. The van der Waals surface area contributed by atoms with Crippen molar-refractivity contribution < 1.29 is 29.3 Å². The molecule has 108 valence electrons. The first-order valence-electron chi connectivity index (χ1n) is 5.91. The van der Waals surface area contributed by atoms with Crippen molar-refractivity contribution in [1.82, 2.24) is 0 Å². The summed E-state index contributed by atoms with van der Waals surface area (Å²) in [4.78, 5) is 22.3. The van der Waals surface area contributed by atoms with E-state index in [0.717, 1.165) is 12.2 Å². The molecule has 0 amide bonds. The molecular weight excluding hydrogens is 252 g/mol. The molecule has 0 aliphatic carbocycles. The summed E-state index contributed by atoms with van der Waals surface area (Å²) in [5.74, 6) is -1.41. The number of aliphatic hydroxyl groups excluding tert-OH is 2. The Bertz CT molecular complexity index is 325. The zero-order valence-corrected chi connectivity index (χ0v) is 10.9. The highest BCUT2D eigenvalue weighted by Crippen LogP contribution is 2.14. The number of carbonyl (C=O) groups is 2. The lowest BCUT2D eigenvalue weighted by atomic mass is 10.0. The second-order valence-electron chi connectivity index (χ2n) is 3.88. The number of hydrogen-bond donors (Lipinski definition) is 2. The van der Waals surface area contributed by atoms with E-state index in [1.54, 1.807) is 0 Å². The molecule has 3 atom stereocenters. The molecular formula is C13H20O6. The largest absolute Gasteiger partial charge is 0.455 e. The van der Waals surface area contributed by atoms with Crippen LogP contribution in [0.3, 0.4) is 0 Å². The number of esters is 2. The van der Waals surface area contributed by atoms with Crippen LogP contribution in [0.5, 0.6) is 0 Å². The predicted octanol–water partition coefficient (Wildman–Crippen LogP) is 0.335. The molecule has 0 saturated heterocycles. The van der Waals surface area contributed by atoms with Crippen LogP contribution < -0.4 is 0 Å². The van der Waals surface area contributed by atoms with E-state index >= 15 is 0 Å². The van der Waals surface area contributed by atoms with Crippen molar-refractivity contribution in [2.24, 2.45) is 0 Å². The highest BCUT2D eigenvalue weighted by molar-refractivity contribution is 5.82. The van der Waals surface area contributed by atoms with Crippen LogP contribution in [0.25, 0.3) is 0 Å². The summed E-state index contributed by atoms with van der Waals surface area (Å²) in [6, 6.07) is 0. The average molecular weight is 272 g/mol. The summed E-state index contributed by atoms with van der Waals surface area (Å²) in [5, 5.41) is 18.6. The highest BCUT2D eigenvalue weighted by atomic mass is 16.6. The van der Waals surface area contributed by atoms with Crippen molar-refractivity contribution >= 4 is 11.9 Å². The SMILES string of the molecule is C=CC(=O)OC(C)C(OC(=O)C=C)C(O)CCCO. The second-order valence-corrected chi connectivity index (χ2v) is 3.88. The summed E-state index contributed by atoms with van der Waals surface area (Å²) < 4.78 is 9.88. The Morgan fingerprint density at radius 3 is 2.21 bits per heavy atom. The van der Waals surface area contributed by atoms with Gasteiger partial charge in [-0.3, -0.25) is 0 Å². The van der Waals surface area contributed by atoms with Crippen molar-refractivity contribution in [3.05, 3.63) is 25.3 Å². The average Bonchev–Trinajstić information content (AvgIpc) is 2.41. The Labute approximate surface area is 112 Å². The maximum Gasteiger partial charge on any atom is 0.330 e. The topological polar surface area (TPSA) is 93.1 Å². The number of rotatable bonds is 9. The minimum Gasteiger partial charge on any atom is -0.455 e. The molecule has 0 heterocycles. The first kappa shape index (κ1) is 17.3. The third-order valence-electron chi connectivity index (χ3n) is 2.39. The molecule has 0 saturated carbocycles. The van der Waals surface area contributed by atoms with Crippen LogP contribution in [0.4, 0.5) is 0 Å². The van der Waals surface area contributed by atoms with Crippen LogP contribution in [0.15, 0.2) is 25.3 Å². The third kappa shape index (κ3) is 6.73. The molecule has 0 aliphatic rings. The van der Waals surface area contributed by atoms with Gasteiger partial charge in [-0.15, -0.1) is 0 Å². The zero-order chi connectivity index (χ0) is 14.8. The molecule has 3 unspecified atom stereocenters. The van der Waals surface area contributed by atoms with Crippen molar-refractivity contribution in [2.45, 2.75) is 38.1 Å². The lowest BCUT2D eigenvalue weighted by Crippen LogP contribution is -2.41. The lowest BCUT2D eigenvalue weighted by Gasteiger charge is -2.27. The van der Waals surface area contributed by atoms with Gasteiger partial charge in [-0.1, -0.05) is 13.2 Å². The van der Waals surface area contributed by atoms with Crippen LogP contribution >= 0.6 is 0 Å². The minimum absolute atomic E-state index is 0.0972. The fourth-order valence-corrected chi connectivity index (χ4v) is 1.43. The molecule has 0 aromatic heterocycles. The van der Waals surface area contributed by atoms with E-state index in [1.807, 2.05) is 0 Å². The van der Waals surface area contributed by atoms with Gasteiger partial charge in [0.05, 0.1) is 6.10 Å². The molecule has 2 N–H and O–H groups in total. The van der Waals surface area contributed by atoms with E-state index in [0.29, 0.717) is 6.42 Å². The first-order chi connectivity index (χ1) is 8.96. The Kier molecular flexibility index (Phi) is 8.48.